The third kappa shape index (κ3) is 1.96. The van der Waals surface area contributed by atoms with E-state index in [0.717, 1.165) is 5.39 Å². The van der Waals surface area contributed by atoms with Crippen LogP contribution >= 0.6 is 27.5 Å². The Morgan fingerprint density at radius 3 is 2.78 bits per heavy atom. The third-order valence-corrected chi connectivity index (χ3v) is 3.59. The van der Waals surface area contributed by atoms with Crippen LogP contribution in [0.2, 0.25) is 5.02 Å². The minimum Gasteiger partial charge on any atom is -0.458 e. The van der Waals surface area contributed by atoms with E-state index in [2.05, 4.69) is 15.9 Å². The molecule has 3 rings (SSSR count). The molecule has 1 unspecified atom stereocenters. The van der Waals surface area contributed by atoms with Crippen LogP contribution in [-0.4, -0.2) is 5.11 Å². The van der Waals surface area contributed by atoms with Crippen LogP contribution < -0.4 is 0 Å². The fourth-order valence-corrected chi connectivity index (χ4v) is 2.46. The molecule has 0 aliphatic rings. The highest BCUT2D eigenvalue weighted by Gasteiger charge is 2.19. The first-order valence-electron chi connectivity index (χ1n) is 5.25. The molecule has 2 aromatic heterocycles. The number of benzene rings is 1. The standard InChI is InChI=1S/C13H8BrClO3/c14-13-9(3-4-17-13)12(16)11-6-7-5-8(15)1-2-10(7)18-11/h1-6,12,16H. The van der Waals surface area contributed by atoms with Gasteiger partial charge in [-0.25, -0.2) is 0 Å². The number of rotatable bonds is 2. The van der Waals surface area contributed by atoms with Gasteiger partial charge in [0.15, 0.2) is 4.67 Å². The molecule has 92 valence electrons. The van der Waals surface area contributed by atoms with Crippen molar-refractivity contribution in [2.24, 2.45) is 0 Å². The summed E-state index contributed by atoms with van der Waals surface area (Å²) >= 11 is 9.14. The van der Waals surface area contributed by atoms with Crippen LogP contribution in [0.5, 0.6) is 0 Å². The maximum Gasteiger partial charge on any atom is 0.175 e. The summed E-state index contributed by atoms with van der Waals surface area (Å²) in [6.45, 7) is 0. The summed E-state index contributed by atoms with van der Waals surface area (Å²) in [7, 11) is 0. The predicted molar refractivity (Wildman–Crippen MR) is 71.7 cm³/mol. The molecule has 0 amide bonds. The van der Waals surface area contributed by atoms with Gasteiger partial charge in [-0.2, -0.15) is 0 Å². The van der Waals surface area contributed by atoms with Crippen LogP contribution in [-0.2, 0) is 0 Å². The molecule has 0 aliphatic carbocycles. The minimum absolute atomic E-state index is 0.453. The third-order valence-electron chi connectivity index (χ3n) is 2.71. The van der Waals surface area contributed by atoms with Crippen molar-refractivity contribution in [3.05, 3.63) is 57.6 Å². The fraction of sp³-hybridized carbons (Fsp3) is 0.0769. The van der Waals surface area contributed by atoms with Gasteiger partial charge < -0.3 is 13.9 Å². The molecule has 0 bridgehead atoms. The fourth-order valence-electron chi connectivity index (χ4n) is 1.82. The van der Waals surface area contributed by atoms with Crippen molar-refractivity contribution in [3.8, 4) is 0 Å². The van der Waals surface area contributed by atoms with Gasteiger partial charge in [-0.3, -0.25) is 0 Å². The molecule has 0 saturated heterocycles. The quantitative estimate of drug-likeness (QED) is 0.752. The summed E-state index contributed by atoms with van der Waals surface area (Å²) in [5.41, 5.74) is 1.31. The van der Waals surface area contributed by atoms with Gasteiger partial charge in [-0.1, -0.05) is 11.6 Å². The van der Waals surface area contributed by atoms with Crippen molar-refractivity contribution in [3.63, 3.8) is 0 Å². The molecule has 3 nitrogen and oxygen atoms in total. The normalized spacial score (nSPS) is 13.1. The Kier molecular flexibility index (Phi) is 2.93. The lowest BCUT2D eigenvalue weighted by atomic mass is 10.1. The van der Waals surface area contributed by atoms with Gasteiger partial charge in [0.25, 0.3) is 0 Å². The molecular weight excluding hydrogens is 319 g/mol. The van der Waals surface area contributed by atoms with Crippen molar-refractivity contribution in [2.75, 3.05) is 0 Å². The topological polar surface area (TPSA) is 46.5 Å². The van der Waals surface area contributed by atoms with Crippen LogP contribution in [0.15, 0.2) is 50.1 Å². The Bertz CT molecular complexity index is 701. The molecule has 3 aromatic rings. The number of aliphatic hydroxyl groups is 1. The summed E-state index contributed by atoms with van der Waals surface area (Å²) in [6.07, 6.45) is 0.631. The zero-order chi connectivity index (χ0) is 12.7. The number of hydrogen-bond donors (Lipinski definition) is 1. The molecule has 0 radical (unpaired) electrons. The molecule has 0 fully saturated rings. The number of furan rings is 2. The van der Waals surface area contributed by atoms with E-state index in [1.165, 1.54) is 6.26 Å². The van der Waals surface area contributed by atoms with Crippen molar-refractivity contribution in [2.45, 2.75) is 6.10 Å². The Labute approximate surface area is 116 Å². The Hall–Kier alpha value is -1.23. The van der Waals surface area contributed by atoms with Gasteiger partial charge in [0.2, 0.25) is 0 Å². The van der Waals surface area contributed by atoms with Gasteiger partial charge in [0.05, 0.1) is 6.26 Å². The van der Waals surface area contributed by atoms with E-state index in [1.54, 1.807) is 30.3 Å². The van der Waals surface area contributed by atoms with Crippen molar-refractivity contribution in [1.82, 2.24) is 0 Å². The van der Waals surface area contributed by atoms with Gasteiger partial charge >= 0.3 is 0 Å². The molecule has 2 heterocycles. The SMILES string of the molecule is OC(c1cc2cc(Cl)ccc2o1)c1ccoc1Br. The van der Waals surface area contributed by atoms with E-state index in [0.29, 0.717) is 26.6 Å². The number of fused-ring (bicyclic) bond motifs is 1. The molecule has 18 heavy (non-hydrogen) atoms. The van der Waals surface area contributed by atoms with Crippen molar-refractivity contribution in [1.29, 1.82) is 0 Å². The van der Waals surface area contributed by atoms with Gasteiger partial charge in [-0.15, -0.1) is 0 Å². The smallest absolute Gasteiger partial charge is 0.175 e. The summed E-state index contributed by atoms with van der Waals surface area (Å²) in [4.78, 5) is 0. The summed E-state index contributed by atoms with van der Waals surface area (Å²) in [5.74, 6) is 0.453. The number of hydrogen-bond acceptors (Lipinski definition) is 3. The van der Waals surface area contributed by atoms with E-state index in [9.17, 15) is 5.11 Å². The Balaban J connectivity index is 2.07. The highest BCUT2D eigenvalue weighted by Crippen LogP contribution is 2.33. The monoisotopic (exact) mass is 326 g/mol. The molecule has 0 saturated carbocycles. The van der Waals surface area contributed by atoms with E-state index in [1.807, 2.05) is 0 Å². The zero-order valence-electron chi connectivity index (χ0n) is 9.06. The van der Waals surface area contributed by atoms with Crippen molar-refractivity contribution < 1.29 is 13.9 Å². The van der Waals surface area contributed by atoms with E-state index in [-0.39, 0.29) is 0 Å². The molecule has 0 spiro atoms. The molecule has 0 aliphatic heterocycles. The first kappa shape index (κ1) is 11.8. The number of halogens is 2. The van der Waals surface area contributed by atoms with Crippen molar-refractivity contribution >= 4 is 38.5 Å². The molecular formula is C13H8BrClO3. The minimum atomic E-state index is -0.871. The average Bonchev–Trinajstić information content (AvgIpc) is 2.93. The van der Waals surface area contributed by atoms with Crippen LogP contribution in [0.25, 0.3) is 11.0 Å². The molecule has 1 atom stereocenters. The van der Waals surface area contributed by atoms with E-state index in [4.69, 9.17) is 20.4 Å². The van der Waals surface area contributed by atoms with Crippen LogP contribution in [0.4, 0.5) is 0 Å². The van der Waals surface area contributed by atoms with E-state index >= 15 is 0 Å². The largest absolute Gasteiger partial charge is 0.458 e. The first-order chi connectivity index (χ1) is 8.65. The molecule has 1 N–H and O–H groups in total. The van der Waals surface area contributed by atoms with Crippen LogP contribution in [0.1, 0.15) is 17.4 Å². The molecule has 5 heteroatoms. The van der Waals surface area contributed by atoms with E-state index < -0.39 is 6.10 Å². The predicted octanol–water partition coefficient (Wildman–Crippen LogP) is 4.52. The second-order valence-corrected chi connectivity index (χ2v) is 5.04. The first-order valence-corrected chi connectivity index (χ1v) is 6.42. The van der Waals surface area contributed by atoms with Crippen LogP contribution in [0, 0.1) is 0 Å². The summed E-state index contributed by atoms with van der Waals surface area (Å²) in [5, 5.41) is 11.7. The Morgan fingerprint density at radius 1 is 1.22 bits per heavy atom. The molecule has 1 aromatic carbocycles. The lowest BCUT2D eigenvalue weighted by Crippen LogP contribution is -1.96. The average molecular weight is 328 g/mol. The lowest BCUT2D eigenvalue weighted by Gasteiger charge is -2.04. The second kappa shape index (κ2) is 4.46. The Morgan fingerprint density at radius 2 is 2.06 bits per heavy atom. The highest BCUT2D eigenvalue weighted by molar-refractivity contribution is 9.10. The zero-order valence-corrected chi connectivity index (χ0v) is 11.4. The maximum atomic E-state index is 10.2. The number of aliphatic hydroxyl groups excluding tert-OH is 1. The highest BCUT2D eigenvalue weighted by atomic mass is 79.9. The van der Waals surface area contributed by atoms with Gasteiger partial charge in [0.1, 0.15) is 17.4 Å². The lowest BCUT2D eigenvalue weighted by molar-refractivity contribution is 0.190. The van der Waals surface area contributed by atoms with Gasteiger partial charge in [0, 0.05) is 16.0 Å². The van der Waals surface area contributed by atoms with Crippen LogP contribution in [0.3, 0.4) is 0 Å². The van der Waals surface area contributed by atoms with Gasteiger partial charge in [-0.05, 0) is 46.3 Å². The summed E-state index contributed by atoms with van der Waals surface area (Å²) in [6, 6.07) is 8.77. The summed E-state index contributed by atoms with van der Waals surface area (Å²) < 4.78 is 11.2. The second-order valence-electron chi connectivity index (χ2n) is 3.88. The maximum absolute atomic E-state index is 10.2.